The summed E-state index contributed by atoms with van der Waals surface area (Å²) < 4.78 is 0. The maximum Gasteiger partial charge on any atom is 0.216 e. The van der Waals surface area contributed by atoms with Gasteiger partial charge in [-0.2, -0.15) is 11.8 Å². The van der Waals surface area contributed by atoms with Crippen LogP contribution in [-0.2, 0) is 4.79 Å². The molecule has 0 bridgehead atoms. The van der Waals surface area contributed by atoms with Gasteiger partial charge in [-0.3, -0.25) is 4.79 Å². The molecule has 0 aromatic rings. The lowest BCUT2D eigenvalue weighted by atomic mass is 10.3. The van der Waals surface area contributed by atoms with E-state index in [1.165, 1.54) is 24.6 Å². The van der Waals surface area contributed by atoms with Crippen molar-refractivity contribution in [3.63, 3.8) is 0 Å². The molecule has 1 fully saturated rings. The minimum atomic E-state index is 0.0780. The standard InChI is InChI=1S/C9H18N2OS/c1-9(12)10-3-2-4-11-5-7-13-8-6-11/h2-8H2,1H3,(H,10,12). The van der Waals surface area contributed by atoms with Gasteiger partial charge in [-0.05, 0) is 13.0 Å². The highest BCUT2D eigenvalue weighted by Crippen LogP contribution is 2.08. The lowest BCUT2D eigenvalue weighted by Gasteiger charge is -2.25. The van der Waals surface area contributed by atoms with Crippen molar-refractivity contribution in [2.45, 2.75) is 13.3 Å². The maximum absolute atomic E-state index is 10.6. The molecule has 13 heavy (non-hydrogen) atoms. The summed E-state index contributed by atoms with van der Waals surface area (Å²) in [7, 11) is 0. The fourth-order valence-electron chi connectivity index (χ4n) is 1.39. The molecule has 0 radical (unpaired) electrons. The molecule has 1 amide bonds. The van der Waals surface area contributed by atoms with Crippen molar-refractivity contribution in [1.82, 2.24) is 10.2 Å². The van der Waals surface area contributed by atoms with Gasteiger partial charge in [-0.15, -0.1) is 0 Å². The highest BCUT2D eigenvalue weighted by atomic mass is 32.2. The van der Waals surface area contributed by atoms with E-state index in [2.05, 4.69) is 10.2 Å². The summed E-state index contributed by atoms with van der Waals surface area (Å²) in [4.78, 5) is 13.0. The highest BCUT2D eigenvalue weighted by Gasteiger charge is 2.08. The van der Waals surface area contributed by atoms with Crippen LogP contribution in [0.3, 0.4) is 0 Å². The first-order valence-electron chi connectivity index (χ1n) is 4.83. The van der Waals surface area contributed by atoms with Crippen molar-refractivity contribution in [2.24, 2.45) is 0 Å². The lowest BCUT2D eigenvalue weighted by Crippen LogP contribution is -2.35. The Hall–Kier alpha value is -0.220. The zero-order valence-electron chi connectivity index (χ0n) is 8.21. The third kappa shape index (κ3) is 5.16. The third-order valence-electron chi connectivity index (χ3n) is 2.13. The van der Waals surface area contributed by atoms with E-state index in [-0.39, 0.29) is 5.91 Å². The molecule has 1 aliphatic heterocycles. The van der Waals surface area contributed by atoms with Crippen LogP contribution < -0.4 is 5.32 Å². The van der Waals surface area contributed by atoms with Crippen LogP contribution in [0, 0.1) is 0 Å². The van der Waals surface area contributed by atoms with Crippen LogP contribution in [0.25, 0.3) is 0 Å². The number of thioether (sulfide) groups is 1. The summed E-state index contributed by atoms with van der Waals surface area (Å²) >= 11 is 2.03. The molecule has 76 valence electrons. The third-order valence-corrected chi connectivity index (χ3v) is 3.07. The minimum absolute atomic E-state index is 0.0780. The van der Waals surface area contributed by atoms with E-state index in [0.717, 1.165) is 19.5 Å². The predicted molar refractivity (Wildman–Crippen MR) is 57.1 cm³/mol. The molecular weight excluding hydrogens is 184 g/mol. The molecule has 1 N–H and O–H groups in total. The van der Waals surface area contributed by atoms with E-state index in [1.54, 1.807) is 6.92 Å². The smallest absolute Gasteiger partial charge is 0.216 e. The summed E-state index contributed by atoms with van der Waals surface area (Å²) in [5, 5.41) is 2.81. The Labute approximate surface area is 84.2 Å². The summed E-state index contributed by atoms with van der Waals surface area (Å²) in [6.07, 6.45) is 1.07. The Balaban J connectivity index is 1.95. The summed E-state index contributed by atoms with van der Waals surface area (Å²) in [6.45, 7) is 5.94. The zero-order valence-corrected chi connectivity index (χ0v) is 9.03. The van der Waals surface area contributed by atoms with Gasteiger partial charge in [0.05, 0.1) is 0 Å². The second-order valence-corrected chi connectivity index (χ2v) is 4.52. The maximum atomic E-state index is 10.6. The largest absolute Gasteiger partial charge is 0.356 e. The van der Waals surface area contributed by atoms with Crippen LogP contribution in [0.4, 0.5) is 0 Å². The molecule has 0 spiro atoms. The van der Waals surface area contributed by atoms with Crippen molar-refractivity contribution in [3.05, 3.63) is 0 Å². The van der Waals surface area contributed by atoms with Crippen LogP contribution in [0.1, 0.15) is 13.3 Å². The van der Waals surface area contributed by atoms with Gasteiger partial charge in [0.1, 0.15) is 0 Å². The first-order chi connectivity index (χ1) is 6.29. The molecule has 0 atom stereocenters. The van der Waals surface area contributed by atoms with Gasteiger partial charge < -0.3 is 10.2 Å². The average Bonchev–Trinajstić information content (AvgIpc) is 2.14. The van der Waals surface area contributed by atoms with Crippen molar-refractivity contribution < 1.29 is 4.79 Å². The number of carbonyl (C=O) groups is 1. The Morgan fingerprint density at radius 3 is 2.77 bits per heavy atom. The van der Waals surface area contributed by atoms with E-state index >= 15 is 0 Å². The topological polar surface area (TPSA) is 32.3 Å². The fraction of sp³-hybridized carbons (Fsp3) is 0.889. The molecule has 1 rings (SSSR count). The van der Waals surface area contributed by atoms with Crippen LogP contribution in [0.5, 0.6) is 0 Å². The van der Waals surface area contributed by atoms with Crippen LogP contribution in [0.2, 0.25) is 0 Å². The number of rotatable bonds is 4. The van der Waals surface area contributed by atoms with E-state index in [1.807, 2.05) is 11.8 Å². The summed E-state index contributed by atoms with van der Waals surface area (Å²) in [6, 6.07) is 0. The number of nitrogens with zero attached hydrogens (tertiary/aromatic N) is 1. The highest BCUT2D eigenvalue weighted by molar-refractivity contribution is 7.99. The van der Waals surface area contributed by atoms with E-state index in [4.69, 9.17) is 0 Å². The Morgan fingerprint density at radius 2 is 2.15 bits per heavy atom. The molecule has 1 aliphatic rings. The first kappa shape index (κ1) is 10.9. The molecular formula is C9H18N2OS. The van der Waals surface area contributed by atoms with Gasteiger partial charge in [-0.25, -0.2) is 0 Å². The molecule has 0 saturated carbocycles. The number of nitrogens with one attached hydrogen (secondary N) is 1. The van der Waals surface area contributed by atoms with Crippen LogP contribution in [-0.4, -0.2) is 48.5 Å². The Morgan fingerprint density at radius 1 is 1.46 bits per heavy atom. The second-order valence-electron chi connectivity index (χ2n) is 3.29. The zero-order chi connectivity index (χ0) is 9.52. The molecule has 1 saturated heterocycles. The summed E-state index contributed by atoms with van der Waals surface area (Å²) in [5.41, 5.74) is 0. The molecule has 0 aromatic heterocycles. The summed E-state index contributed by atoms with van der Waals surface area (Å²) in [5.74, 6) is 2.61. The minimum Gasteiger partial charge on any atom is -0.356 e. The quantitative estimate of drug-likeness (QED) is 0.676. The van der Waals surface area contributed by atoms with Gasteiger partial charge in [0.2, 0.25) is 5.91 Å². The van der Waals surface area contributed by atoms with E-state index < -0.39 is 0 Å². The monoisotopic (exact) mass is 202 g/mol. The molecule has 0 aromatic carbocycles. The first-order valence-corrected chi connectivity index (χ1v) is 5.99. The molecule has 1 heterocycles. The SMILES string of the molecule is CC(=O)NCCCN1CCSCC1. The second kappa shape index (κ2) is 6.27. The van der Waals surface area contributed by atoms with Gasteiger partial charge in [0.15, 0.2) is 0 Å². The van der Waals surface area contributed by atoms with Gasteiger partial charge in [-0.1, -0.05) is 0 Å². The number of amides is 1. The van der Waals surface area contributed by atoms with E-state index in [0.29, 0.717) is 0 Å². The number of carbonyl (C=O) groups excluding carboxylic acids is 1. The molecule has 0 aliphatic carbocycles. The van der Waals surface area contributed by atoms with Crippen LogP contribution in [0.15, 0.2) is 0 Å². The van der Waals surface area contributed by atoms with Crippen molar-refractivity contribution in [1.29, 1.82) is 0 Å². The Kier molecular flexibility index (Phi) is 5.23. The van der Waals surface area contributed by atoms with Crippen molar-refractivity contribution in [3.8, 4) is 0 Å². The van der Waals surface area contributed by atoms with Gasteiger partial charge in [0.25, 0.3) is 0 Å². The van der Waals surface area contributed by atoms with E-state index in [9.17, 15) is 4.79 Å². The van der Waals surface area contributed by atoms with Gasteiger partial charge in [0, 0.05) is 38.1 Å². The van der Waals surface area contributed by atoms with Crippen molar-refractivity contribution in [2.75, 3.05) is 37.7 Å². The Bertz CT molecular complexity index is 158. The normalized spacial score (nSPS) is 18.5. The van der Waals surface area contributed by atoms with Gasteiger partial charge >= 0.3 is 0 Å². The van der Waals surface area contributed by atoms with Crippen molar-refractivity contribution >= 4 is 17.7 Å². The fourth-order valence-corrected chi connectivity index (χ4v) is 2.37. The molecule has 0 unspecified atom stereocenters. The average molecular weight is 202 g/mol. The molecule has 3 nitrogen and oxygen atoms in total. The number of hydrogen-bond donors (Lipinski definition) is 1. The predicted octanol–water partition coefficient (Wildman–Crippen LogP) is 0.561. The van der Waals surface area contributed by atoms with Crippen LogP contribution >= 0.6 is 11.8 Å². The number of hydrogen-bond acceptors (Lipinski definition) is 3. The lowest BCUT2D eigenvalue weighted by molar-refractivity contribution is -0.118. The molecule has 4 heteroatoms.